The number of carbonyl (C=O) groups excluding carboxylic acids is 2. The van der Waals surface area contributed by atoms with E-state index in [1.54, 1.807) is 0 Å². The molecule has 4 rings (SSSR count). The lowest BCUT2D eigenvalue weighted by molar-refractivity contribution is -0.907. The van der Waals surface area contributed by atoms with Crippen LogP contribution < -0.4 is 9.80 Å². The number of rotatable bonds is 4. The van der Waals surface area contributed by atoms with Crippen LogP contribution in [0.25, 0.3) is 0 Å². The van der Waals surface area contributed by atoms with E-state index in [1.165, 1.54) is 18.2 Å². The zero-order valence-corrected chi connectivity index (χ0v) is 14.6. The number of hydrogen-bond acceptors (Lipinski definition) is 5. The molecule has 2 heterocycles. The molecule has 0 unspecified atom stereocenters. The molecule has 0 radical (unpaired) electrons. The van der Waals surface area contributed by atoms with Crippen LogP contribution in [-0.4, -0.2) is 54.5 Å². The summed E-state index contributed by atoms with van der Waals surface area (Å²) in [6, 6.07) is 14.3. The molecule has 0 aliphatic carbocycles. The summed E-state index contributed by atoms with van der Waals surface area (Å²) in [6.45, 7) is 3.44. The van der Waals surface area contributed by atoms with Crippen molar-refractivity contribution in [1.29, 1.82) is 0 Å². The Labute approximate surface area is 155 Å². The number of nitro groups is 1. The summed E-state index contributed by atoms with van der Waals surface area (Å²) in [7, 11) is 0. The fourth-order valence-electron chi connectivity index (χ4n) is 3.71. The van der Waals surface area contributed by atoms with Gasteiger partial charge in [0, 0.05) is 11.8 Å². The van der Waals surface area contributed by atoms with Gasteiger partial charge in [-0.1, -0.05) is 24.3 Å². The topological polar surface area (TPSA) is 88.2 Å². The van der Waals surface area contributed by atoms with Crippen LogP contribution in [0.1, 0.15) is 20.7 Å². The smallest absolute Gasteiger partial charge is 0.282 e. The van der Waals surface area contributed by atoms with Crippen LogP contribution >= 0.6 is 0 Å². The quantitative estimate of drug-likeness (QED) is 0.484. The summed E-state index contributed by atoms with van der Waals surface area (Å²) in [5.74, 6) is -1.02. The zero-order valence-electron chi connectivity index (χ0n) is 14.6. The molecule has 0 spiro atoms. The molecular weight excluding hydrogens is 348 g/mol. The average Bonchev–Trinajstić information content (AvgIpc) is 2.94. The largest absolute Gasteiger partial charge is 0.360 e. The van der Waals surface area contributed by atoms with Crippen LogP contribution in [0.3, 0.4) is 0 Å². The molecule has 1 N–H and O–H groups in total. The highest BCUT2D eigenvalue weighted by atomic mass is 16.6. The van der Waals surface area contributed by atoms with Gasteiger partial charge >= 0.3 is 0 Å². The summed E-state index contributed by atoms with van der Waals surface area (Å²) in [6.07, 6.45) is 0. The van der Waals surface area contributed by atoms with Crippen molar-refractivity contribution < 1.29 is 19.4 Å². The molecule has 8 nitrogen and oxygen atoms in total. The molecule has 2 aliphatic heterocycles. The third-order valence-corrected chi connectivity index (χ3v) is 5.15. The molecule has 8 heteroatoms. The second-order valence-electron chi connectivity index (χ2n) is 6.73. The van der Waals surface area contributed by atoms with Crippen molar-refractivity contribution in [1.82, 2.24) is 4.90 Å². The van der Waals surface area contributed by atoms with Gasteiger partial charge in [0.25, 0.3) is 17.5 Å². The number of carbonyl (C=O) groups is 2. The van der Waals surface area contributed by atoms with E-state index >= 15 is 0 Å². The van der Waals surface area contributed by atoms with Gasteiger partial charge in [0.15, 0.2) is 6.67 Å². The Morgan fingerprint density at radius 3 is 2.33 bits per heavy atom. The highest BCUT2D eigenvalue weighted by molar-refractivity contribution is 6.23. The molecule has 0 bridgehead atoms. The van der Waals surface area contributed by atoms with Gasteiger partial charge in [-0.25, -0.2) is 4.90 Å². The van der Waals surface area contributed by atoms with Crippen molar-refractivity contribution in [3.8, 4) is 0 Å². The first-order valence-corrected chi connectivity index (χ1v) is 8.83. The van der Waals surface area contributed by atoms with Gasteiger partial charge in [0.1, 0.15) is 5.56 Å². The lowest BCUT2D eigenvalue weighted by Gasteiger charge is -2.34. The lowest BCUT2D eigenvalue weighted by atomic mass is 10.1. The molecule has 2 aliphatic rings. The fourth-order valence-corrected chi connectivity index (χ4v) is 3.71. The Kier molecular flexibility index (Phi) is 4.33. The maximum atomic E-state index is 12.7. The Balaban J connectivity index is 1.45. The van der Waals surface area contributed by atoms with Gasteiger partial charge in [-0.2, -0.15) is 0 Å². The van der Waals surface area contributed by atoms with E-state index in [-0.39, 0.29) is 23.5 Å². The van der Waals surface area contributed by atoms with Gasteiger partial charge in [-0.3, -0.25) is 19.7 Å². The van der Waals surface area contributed by atoms with Crippen LogP contribution in [0.5, 0.6) is 0 Å². The minimum atomic E-state index is -0.612. The Morgan fingerprint density at radius 2 is 1.67 bits per heavy atom. The first-order valence-electron chi connectivity index (χ1n) is 8.83. The maximum Gasteiger partial charge on any atom is 0.282 e. The highest BCUT2D eigenvalue weighted by Gasteiger charge is 2.42. The summed E-state index contributed by atoms with van der Waals surface area (Å²) in [4.78, 5) is 40.4. The van der Waals surface area contributed by atoms with E-state index in [0.29, 0.717) is 0 Å². The minimum absolute atomic E-state index is 0.0881. The molecule has 0 atom stereocenters. The lowest BCUT2D eigenvalue weighted by Crippen LogP contribution is -3.16. The van der Waals surface area contributed by atoms with Crippen LogP contribution in [0.4, 0.5) is 11.4 Å². The average molecular weight is 367 g/mol. The number of benzene rings is 2. The van der Waals surface area contributed by atoms with E-state index < -0.39 is 16.7 Å². The number of amides is 2. The van der Waals surface area contributed by atoms with Gasteiger partial charge in [-0.15, -0.1) is 0 Å². The fraction of sp³-hybridized carbons (Fsp3) is 0.263. The van der Waals surface area contributed by atoms with Crippen molar-refractivity contribution in [2.75, 3.05) is 37.7 Å². The molecule has 27 heavy (non-hydrogen) atoms. The number of nitrogens with one attached hydrogen (secondary N) is 1. The van der Waals surface area contributed by atoms with E-state index in [0.717, 1.165) is 41.7 Å². The number of piperazine rings is 1. The second kappa shape index (κ2) is 6.81. The SMILES string of the molecule is O=C1c2cccc([N+](=O)[O-])c2C(=O)N1C[NH+]1CCN(c2ccccc2)CC1. The van der Waals surface area contributed by atoms with Crippen molar-refractivity contribution in [3.63, 3.8) is 0 Å². The van der Waals surface area contributed by atoms with Crippen molar-refractivity contribution in [2.45, 2.75) is 0 Å². The number of para-hydroxylation sites is 1. The summed E-state index contributed by atoms with van der Waals surface area (Å²) < 4.78 is 0. The number of hydrogen-bond donors (Lipinski definition) is 1. The summed E-state index contributed by atoms with van der Waals surface area (Å²) >= 11 is 0. The van der Waals surface area contributed by atoms with Crippen molar-refractivity contribution in [3.05, 3.63) is 69.8 Å². The Hall–Kier alpha value is -3.26. The molecule has 138 valence electrons. The second-order valence-corrected chi connectivity index (χ2v) is 6.73. The van der Waals surface area contributed by atoms with Crippen LogP contribution in [0.15, 0.2) is 48.5 Å². The summed E-state index contributed by atoms with van der Waals surface area (Å²) in [5, 5.41) is 11.2. The van der Waals surface area contributed by atoms with Gasteiger partial charge in [-0.05, 0) is 18.2 Å². The first kappa shape index (κ1) is 17.2. The number of anilines is 1. The van der Waals surface area contributed by atoms with Gasteiger partial charge in [0.05, 0.1) is 36.7 Å². The number of nitrogens with zero attached hydrogens (tertiary/aromatic N) is 3. The molecule has 1 saturated heterocycles. The first-order chi connectivity index (χ1) is 13.1. The van der Waals surface area contributed by atoms with Crippen molar-refractivity contribution >= 4 is 23.2 Å². The third-order valence-electron chi connectivity index (χ3n) is 5.15. The minimum Gasteiger partial charge on any atom is -0.360 e. The number of fused-ring (bicyclic) bond motifs is 1. The Bertz CT molecular complexity index is 907. The highest BCUT2D eigenvalue weighted by Crippen LogP contribution is 2.30. The van der Waals surface area contributed by atoms with Gasteiger partial charge < -0.3 is 9.80 Å². The monoisotopic (exact) mass is 367 g/mol. The molecule has 1 fully saturated rings. The molecule has 2 aromatic rings. The molecule has 0 saturated carbocycles. The normalized spacial score (nSPS) is 17.3. The number of quaternary nitrogens is 1. The summed E-state index contributed by atoms with van der Waals surface area (Å²) in [5.41, 5.74) is 0.886. The van der Waals surface area contributed by atoms with Crippen LogP contribution in [-0.2, 0) is 0 Å². The number of imide groups is 1. The van der Waals surface area contributed by atoms with E-state index in [1.807, 2.05) is 18.2 Å². The molecule has 2 amide bonds. The van der Waals surface area contributed by atoms with Crippen LogP contribution in [0.2, 0.25) is 0 Å². The molecule has 2 aromatic carbocycles. The molecule has 0 aromatic heterocycles. The van der Waals surface area contributed by atoms with E-state index in [4.69, 9.17) is 0 Å². The van der Waals surface area contributed by atoms with E-state index in [2.05, 4.69) is 17.0 Å². The van der Waals surface area contributed by atoms with Crippen molar-refractivity contribution in [2.24, 2.45) is 0 Å². The standard InChI is InChI=1S/C19H18N4O4/c24-18-15-7-4-8-16(23(26)27)17(15)19(25)22(18)13-20-9-11-21(12-10-20)14-5-2-1-3-6-14/h1-8H,9-13H2/p+1. The predicted molar refractivity (Wildman–Crippen MR) is 97.8 cm³/mol. The predicted octanol–water partition coefficient (Wildman–Crippen LogP) is 0.553. The molecular formula is C19H19N4O4+. The number of nitro benzene ring substituents is 1. The van der Waals surface area contributed by atoms with Crippen LogP contribution in [0, 0.1) is 10.1 Å². The zero-order chi connectivity index (χ0) is 19.0. The van der Waals surface area contributed by atoms with Gasteiger partial charge in [0.2, 0.25) is 0 Å². The third kappa shape index (κ3) is 3.04. The Morgan fingerprint density at radius 1 is 0.963 bits per heavy atom. The maximum absolute atomic E-state index is 12.7. The van der Waals surface area contributed by atoms with E-state index in [9.17, 15) is 19.7 Å².